The summed E-state index contributed by atoms with van der Waals surface area (Å²) in [5.41, 5.74) is 0.980. The van der Waals surface area contributed by atoms with Crippen molar-refractivity contribution in [3.05, 3.63) is 97.2 Å². The van der Waals surface area contributed by atoms with E-state index < -0.39 is 8.32 Å². The highest BCUT2D eigenvalue weighted by atomic mass is 28.4. The molecule has 1 fully saturated rings. The van der Waals surface area contributed by atoms with Gasteiger partial charge in [-0.3, -0.25) is 4.98 Å². The topological polar surface area (TPSA) is 31.4 Å². The summed E-state index contributed by atoms with van der Waals surface area (Å²) in [5, 5.41) is 3.84. The zero-order chi connectivity index (χ0) is 24.3. The number of rotatable bonds is 6. The van der Waals surface area contributed by atoms with Crippen molar-refractivity contribution in [1.29, 1.82) is 0 Å². The molecule has 0 atom stereocenters. The summed E-state index contributed by atoms with van der Waals surface area (Å²) in [6.45, 7) is 7.05. The molecule has 4 aromatic rings. The molecule has 0 bridgehead atoms. The third-order valence-corrected chi connectivity index (χ3v) is 12.4. The lowest BCUT2D eigenvalue weighted by atomic mass is 9.95. The number of fused-ring (bicyclic) bond motifs is 1. The molecule has 0 saturated heterocycles. The molecule has 1 aliphatic carbocycles. The Morgan fingerprint density at radius 1 is 0.714 bits per heavy atom. The smallest absolute Gasteiger partial charge is 0.261 e. The lowest BCUT2D eigenvalue weighted by Gasteiger charge is -2.46. The van der Waals surface area contributed by atoms with Crippen LogP contribution in [-0.4, -0.2) is 25.5 Å². The van der Waals surface area contributed by atoms with E-state index in [1.54, 1.807) is 0 Å². The zero-order valence-electron chi connectivity index (χ0n) is 21.0. The van der Waals surface area contributed by atoms with Crippen molar-refractivity contribution in [1.82, 2.24) is 4.98 Å². The van der Waals surface area contributed by atoms with Gasteiger partial charge in [-0.05, 0) is 59.3 Å². The fourth-order valence-electron chi connectivity index (χ4n) is 5.52. The van der Waals surface area contributed by atoms with Crippen molar-refractivity contribution < 1.29 is 9.16 Å². The summed E-state index contributed by atoms with van der Waals surface area (Å²) < 4.78 is 13.7. The Hall–Kier alpha value is -2.95. The van der Waals surface area contributed by atoms with E-state index in [1.165, 1.54) is 10.4 Å². The van der Waals surface area contributed by atoms with E-state index in [-0.39, 0.29) is 17.2 Å². The van der Waals surface area contributed by atoms with E-state index in [4.69, 9.17) is 9.16 Å². The third kappa shape index (κ3) is 4.91. The van der Waals surface area contributed by atoms with Crippen LogP contribution in [0, 0.1) is 0 Å². The molecule has 4 heteroatoms. The van der Waals surface area contributed by atoms with Crippen LogP contribution in [0.2, 0.25) is 5.04 Å². The first-order chi connectivity index (χ1) is 17.0. The Kier molecular flexibility index (Phi) is 6.77. The fourth-order valence-corrected chi connectivity index (χ4v) is 10.3. The van der Waals surface area contributed by atoms with Gasteiger partial charge in [-0.25, -0.2) is 0 Å². The Balaban J connectivity index is 1.35. The van der Waals surface area contributed by atoms with Gasteiger partial charge in [0.15, 0.2) is 0 Å². The molecule has 1 aromatic heterocycles. The summed E-state index contributed by atoms with van der Waals surface area (Å²) in [5.74, 6) is 0.910. The highest BCUT2D eigenvalue weighted by molar-refractivity contribution is 6.99. The van der Waals surface area contributed by atoms with Gasteiger partial charge in [0.25, 0.3) is 8.32 Å². The molecule has 3 nitrogen and oxygen atoms in total. The van der Waals surface area contributed by atoms with Crippen LogP contribution in [-0.2, 0) is 4.43 Å². The first-order valence-corrected chi connectivity index (χ1v) is 14.7. The van der Waals surface area contributed by atoms with Crippen molar-refractivity contribution in [2.24, 2.45) is 0 Å². The highest BCUT2D eigenvalue weighted by Crippen LogP contribution is 2.39. The molecule has 5 rings (SSSR count). The minimum atomic E-state index is -2.51. The zero-order valence-corrected chi connectivity index (χ0v) is 22.0. The van der Waals surface area contributed by atoms with Gasteiger partial charge in [-0.15, -0.1) is 0 Å². The first kappa shape index (κ1) is 23.8. The number of pyridine rings is 1. The van der Waals surface area contributed by atoms with Gasteiger partial charge in [0.1, 0.15) is 5.75 Å². The second kappa shape index (κ2) is 9.96. The molecule has 3 aromatic carbocycles. The monoisotopic (exact) mass is 481 g/mol. The van der Waals surface area contributed by atoms with Crippen molar-refractivity contribution in [3.8, 4) is 5.75 Å². The van der Waals surface area contributed by atoms with E-state index in [0.717, 1.165) is 42.3 Å². The van der Waals surface area contributed by atoms with Crippen molar-refractivity contribution in [2.75, 3.05) is 0 Å². The second-order valence-corrected chi connectivity index (χ2v) is 14.9. The highest BCUT2D eigenvalue weighted by Gasteiger charge is 2.51. The van der Waals surface area contributed by atoms with E-state index >= 15 is 0 Å². The van der Waals surface area contributed by atoms with E-state index in [2.05, 4.69) is 111 Å². The fraction of sp³-hybridized carbons (Fsp3) is 0.323. The molecule has 0 unspecified atom stereocenters. The lowest BCUT2D eigenvalue weighted by Crippen LogP contribution is -2.67. The van der Waals surface area contributed by atoms with Crippen molar-refractivity contribution in [2.45, 2.75) is 63.7 Å². The predicted octanol–water partition coefficient (Wildman–Crippen LogP) is 6.50. The Labute approximate surface area is 210 Å². The van der Waals surface area contributed by atoms with Gasteiger partial charge in [0, 0.05) is 23.8 Å². The summed E-state index contributed by atoms with van der Waals surface area (Å²) in [4.78, 5) is 4.47. The van der Waals surface area contributed by atoms with Crippen LogP contribution in [0.25, 0.3) is 10.9 Å². The number of ether oxygens (including phenoxy) is 1. The number of hydrogen-bond acceptors (Lipinski definition) is 3. The van der Waals surface area contributed by atoms with Gasteiger partial charge in [-0.1, -0.05) is 87.5 Å². The van der Waals surface area contributed by atoms with Gasteiger partial charge in [0.05, 0.1) is 11.6 Å². The molecule has 0 N–H and O–H groups in total. The maximum Gasteiger partial charge on any atom is 0.261 e. The number of nitrogens with zero attached hydrogens (tertiary/aromatic N) is 1. The Bertz CT molecular complexity index is 1210. The number of hydrogen-bond donors (Lipinski definition) is 0. The summed E-state index contributed by atoms with van der Waals surface area (Å²) in [6, 6.07) is 32.1. The number of benzene rings is 3. The maximum absolute atomic E-state index is 7.35. The molecule has 35 heavy (non-hydrogen) atoms. The molecular weight excluding hydrogens is 446 g/mol. The quantitative estimate of drug-likeness (QED) is 0.295. The molecule has 1 saturated carbocycles. The normalized spacial score (nSPS) is 18.9. The van der Waals surface area contributed by atoms with Crippen LogP contribution in [0.4, 0.5) is 0 Å². The third-order valence-electron chi connectivity index (χ3n) is 7.26. The van der Waals surface area contributed by atoms with Crippen LogP contribution >= 0.6 is 0 Å². The van der Waals surface area contributed by atoms with Crippen LogP contribution in [0.15, 0.2) is 97.2 Å². The van der Waals surface area contributed by atoms with Crippen LogP contribution in [0.1, 0.15) is 46.5 Å². The molecule has 1 aliphatic rings. The SMILES string of the molecule is CC(C)(C)[Si](OC1CCC(Oc2ccc3cccnc3c2)CC1)(c1ccccc1)c1ccccc1. The molecule has 0 spiro atoms. The average Bonchev–Trinajstić information content (AvgIpc) is 2.88. The van der Waals surface area contributed by atoms with Crippen molar-refractivity contribution >= 4 is 29.6 Å². The van der Waals surface area contributed by atoms with Gasteiger partial charge < -0.3 is 9.16 Å². The molecule has 180 valence electrons. The Morgan fingerprint density at radius 3 is 1.91 bits per heavy atom. The molecular formula is C31H35NO2Si. The van der Waals surface area contributed by atoms with Gasteiger partial charge >= 0.3 is 0 Å². The number of aromatic nitrogens is 1. The minimum absolute atomic E-state index is 0.00114. The predicted molar refractivity (Wildman–Crippen MR) is 147 cm³/mol. The lowest BCUT2D eigenvalue weighted by molar-refractivity contribution is 0.0751. The average molecular weight is 482 g/mol. The maximum atomic E-state index is 7.35. The van der Waals surface area contributed by atoms with Crippen LogP contribution in [0.5, 0.6) is 5.75 Å². The van der Waals surface area contributed by atoms with Gasteiger partial charge in [0.2, 0.25) is 0 Å². The molecule has 0 amide bonds. The molecule has 0 aliphatic heterocycles. The Morgan fingerprint density at radius 2 is 1.31 bits per heavy atom. The summed E-state index contributed by atoms with van der Waals surface area (Å²) >= 11 is 0. The minimum Gasteiger partial charge on any atom is -0.490 e. The second-order valence-electron chi connectivity index (χ2n) is 10.7. The largest absolute Gasteiger partial charge is 0.490 e. The summed E-state index contributed by atoms with van der Waals surface area (Å²) in [7, 11) is -2.51. The molecule has 0 radical (unpaired) electrons. The van der Waals surface area contributed by atoms with E-state index in [9.17, 15) is 0 Å². The van der Waals surface area contributed by atoms with E-state index in [1.807, 2.05) is 12.3 Å². The van der Waals surface area contributed by atoms with Gasteiger partial charge in [-0.2, -0.15) is 0 Å². The standard InChI is InChI=1S/C31H35NO2Si/c1-31(2,3)35(28-12-6-4-7-13-28,29-14-8-5-9-15-29)34-26-20-18-25(19-21-26)33-27-17-16-24-11-10-22-32-30(24)23-27/h4-17,22-23,25-26H,18-21H2,1-3H3. The van der Waals surface area contributed by atoms with E-state index in [0.29, 0.717) is 0 Å². The van der Waals surface area contributed by atoms with Crippen molar-refractivity contribution in [3.63, 3.8) is 0 Å². The molecule has 1 heterocycles. The summed E-state index contributed by atoms with van der Waals surface area (Å²) in [6.07, 6.45) is 6.32. The van der Waals surface area contributed by atoms with Crippen LogP contribution in [0.3, 0.4) is 0 Å². The van der Waals surface area contributed by atoms with Crippen LogP contribution < -0.4 is 15.1 Å². The first-order valence-electron chi connectivity index (χ1n) is 12.8.